The Kier molecular flexibility index (Phi) is 6.69. The molecule has 0 spiro atoms. The van der Waals surface area contributed by atoms with Gasteiger partial charge in [0.15, 0.2) is 0 Å². The summed E-state index contributed by atoms with van der Waals surface area (Å²) < 4.78 is 0. The molecule has 3 N–H and O–H groups in total. The average molecular weight is 254 g/mol. The van der Waals surface area contributed by atoms with Crippen molar-refractivity contribution in [3.8, 4) is 0 Å². The highest BCUT2D eigenvalue weighted by molar-refractivity contribution is 5.78. The van der Waals surface area contributed by atoms with E-state index in [1.807, 2.05) is 0 Å². The highest BCUT2D eigenvalue weighted by Gasteiger charge is 2.26. The van der Waals surface area contributed by atoms with Crippen LogP contribution in [0.2, 0.25) is 0 Å². The fraction of sp³-hybridized carbons (Fsp3) is 0.933. The van der Waals surface area contributed by atoms with Crippen LogP contribution in [-0.4, -0.2) is 18.5 Å². The van der Waals surface area contributed by atoms with Crippen LogP contribution in [0, 0.1) is 17.8 Å². The Morgan fingerprint density at radius 1 is 1.17 bits per heavy atom. The molecular formula is C15H30N2O. The lowest BCUT2D eigenvalue weighted by Crippen LogP contribution is -2.39. The molecule has 0 aromatic carbocycles. The van der Waals surface area contributed by atoms with Gasteiger partial charge in [-0.15, -0.1) is 0 Å². The minimum Gasteiger partial charge on any atom is -0.353 e. The van der Waals surface area contributed by atoms with Crippen LogP contribution in [0.1, 0.15) is 59.3 Å². The van der Waals surface area contributed by atoms with Crippen LogP contribution >= 0.6 is 0 Å². The summed E-state index contributed by atoms with van der Waals surface area (Å²) in [5.41, 5.74) is 5.67. The molecule has 0 aliphatic heterocycles. The van der Waals surface area contributed by atoms with Crippen molar-refractivity contribution in [2.24, 2.45) is 23.5 Å². The lowest BCUT2D eigenvalue weighted by molar-refractivity contribution is -0.126. The maximum atomic E-state index is 12.1. The summed E-state index contributed by atoms with van der Waals surface area (Å²) in [6, 6.07) is 0.312. The fourth-order valence-electron chi connectivity index (χ4n) is 2.68. The zero-order chi connectivity index (χ0) is 13.5. The first-order chi connectivity index (χ1) is 8.52. The van der Waals surface area contributed by atoms with E-state index in [1.165, 1.54) is 6.42 Å². The van der Waals surface area contributed by atoms with E-state index in [4.69, 9.17) is 5.73 Å². The van der Waals surface area contributed by atoms with Crippen molar-refractivity contribution in [3.05, 3.63) is 0 Å². The molecule has 3 heteroatoms. The van der Waals surface area contributed by atoms with Gasteiger partial charge in [-0.1, -0.05) is 13.8 Å². The zero-order valence-electron chi connectivity index (χ0n) is 12.2. The highest BCUT2D eigenvalue weighted by Crippen LogP contribution is 2.28. The Bertz CT molecular complexity index is 245. The van der Waals surface area contributed by atoms with E-state index in [-0.39, 0.29) is 11.8 Å². The first-order valence-corrected chi connectivity index (χ1v) is 7.53. The van der Waals surface area contributed by atoms with Crippen LogP contribution in [0.5, 0.6) is 0 Å². The smallest absolute Gasteiger partial charge is 0.223 e. The van der Waals surface area contributed by atoms with Gasteiger partial charge in [0, 0.05) is 12.0 Å². The summed E-state index contributed by atoms with van der Waals surface area (Å²) in [5.74, 6) is 1.85. The van der Waals surface area contributed by atoms with Crippen molar-refractivity contribution < 1.29 is 4.79 Å². The predicted molar refractivity (Wildman–Crippen MR) is 76.2 cm³/mol. The molecule has 0 heterocycles. The standard InChI is InChI=1S/C15H30N2O/c1-11(2)4-5-12(3)17-15(18)14-8-6-13(10-16)7-9-14/h11-14H,4-10,16H2,1-3H3,(H,17,18). The van der Waals surface area contributed by atoms with Gasteiger partial charge in [0.25, 0.3) is 0 Å². The molecule has 1 atom stereocenters. The van der Waals surface area contributed by atoms with Crippen molar-refractivity contribution in [3.63, 3.8) is 0 Å². The maximum Gasteiger partial charge on any atom is 0.223 e. The minimum absolute atomic E-state index is 0.231. The monoisotopic (exact) mass is 254 g/mol. The number of carbonyl (C=O) groups is 1. The van der Waals surface area contributed by atoms with E-state index >= 15 is 0 Å². The summed E-state index contributed by atoms with van der Waals surface area (Å²) in [5, 5.41) is 3.17. The molecule has 0 saturated heterocycles. The average Bonchev–Trinajstić information content (AvgIpc) is 2.36. The van der Waals surface area contributed by atoms with Crippen molar-refractivity contribution in [1.29, 1.82) is 0 Å². The topological polar surface area (TPSA) is 55.1 Å². The summed E-state index contributed by atoms with van der Waals surface area (Å²) in [6.45, 7) is 7.34. The van der Waals surface area contributed by atoms with Crippen molar-refractivity contribution in [2.75, 3.05) is 6.54 Å². The molecule has 1 unspecified atom stereocenters. The van der Waals surface area contributed by atoms with Gasteiger partial charge < -0.3 is 11.1 Å². The number of hydrogen-bond donors (Lipinski definition) is 2. The van der Waals surface area contributed by atoms with Gasteiger partial charge in [-0.2, -0.15) is 0 Å². The molecule has 18 heavy (non-hydrogen) atoms. The highest BCUT2D eigenvalue weighted by atomic mass is 16.1. The molecular weight excluding hydrogens is 224 g/mol. The zero-order valence-corrected chi connectivity index (χ0v) is 12.2. The number of hydrogen-bond acceptors (Lipinski definition) is 2. The molecule has 1 rings (SSSR count). The van der Waals surface area contributed by atoms with E-state index in [2.05, 4.69) is 26.1 Å². The predicted octanol–water partition coefficient (Wildman–Crippen LogP) is 2.69. The number of nitrogens with one attached hydrogen (secondary N) is 1. The Hall–Kier alpha value is -0.570. The lowest BCUT2D eigenvalue weighted by atomic mass is 9.81. The second kappa shape index (κ2) is 7.78. The molecule has 3 nitrogen and oxygen atoms in total. The molecule has 0 aromatic rings. The molecule has 0 bridgehead atoms. The molecule has 106 valence electrons. The summed E-state index contributed by atoms with van der Waals surface area (Å²) in [6.07, 6.45) is 6.54. The minimum atomic E-state index is 0.231. The molecule has 1 aliphatic carbocycles. The molecule has 0 aromatic heterocycles. The first kappa shape index (κ1) is 15.5. The largest absolute Gasteiger partial charge is 0.353 e. The van der Waals surface area contributed by atoms with Crippen LogP contribution in [0.3, 0.4) is 0 Å². The van der Waals surface area contributed by atoms with Gasteiger partial charge in [-0.25, -0.2) is 0 Å². The van der Waals surface area contributed by atoms with Crippen LogP contribution in [0.15, 0.2) is 0 Å². The van der Waals surface area contributed by atoms with Crippen LogP contribution in [0.4, 0.5) is 0 Å². The third kappa shape index (κ3) is 5.38. The molecule has 1 fully saturated rings. The van der Waals surface area contributed by atoms with Crippen molar-refractivity contribution in [1.82, 2.24) is 5.32 Å². The third-order valence-electron chi connectivity index (χ3n) is 4.12. The van der Waals surface area contributed by atoms with Gasteiger partial charge in [-0.05, 0) is 63.8 Å². The van der Waals surface area contributed by atoms with E-state index in [0.29, 0.717) is 17.9 Å². The van der Waals surface area contributed by atoms with Crippen molar-refractivity contribution >= 4 is 5.91 Å². The SMILES string of the molecule is CC(C)CCC(C)NC(=O)C1CCC(CN)CC1. The van der Waals surface area contributed by atoms with E-state index in [0.717, 1.165) is 38.6 Å². The second-order valence-electron chi connectivity index (χ2n) is 6.33. The Morgan fingerprint density at radius 2 is 1.78 bits per heavy atom. The molecule has 1 aliphatic rings. The molecule has 1 saturated carbocycles. The van der Waals surface area contributed by atoms with Gasteiger partial charge in [0.05, 0.1) is 0 Å². The number of nitrogens with two attached hydrogens (primary N) is 1. The van der Waals surface area contributed by atoms with Gasteiger partial charge >= 0.3 is 0 Å². The van der Waals surface area contributed by atoms with Crippen LogP contribution < -0.4 is 11.1 Å². The fourth-order valence-corrected chi connectivity index (χ4v) is 2.68. The van der Waals surface area contributed by atoms with E-state index in [9.17, 15) is 4.79 Å². The maximum absolute atomic E-state index is 12.1. The Labute approximate surface area is 112 Å². The Balaban J connectivity index is 2.24. The quantitative estimate of drug-likeness (QED) is 0.765. The number of rotatable bonds is 6. The van der Waals surface area contributed by atoms with E-state index in [1.54, 1.807) is 0 Å². The van der Waals surface area contributed by atoms with Crippen LogP contribution in [-0.2, 0) is 4.79 Å². The van der Waals surface area contributed by atoms with Gasteiger partial charge in [0.2, 0.25) is 5.91 Å². The number of amides is 1. The second-order valence-corrected chi connectivity index (χ2v) is 6.33. The summed E-state index contributed by atoms with van der Waals surface area (Å²) >= 11 is 0. The van der Waals surface area contributed by atoms with Gasteiger partial charge in [0.1, 0.15) is 0 Å². The molecule has 0 radical (unpaired) electrons. The molecule has 1 amide bonds. The normalized spacial score (nSPS) is 26.1. The van der Waals surface area contributed by atoms with Crippen molar-refractivity contribution in [2.45, 2.75) is 65.3 Å². The van der Waals surface area contributed by atoms with Gasteiger partial charge in [-0.3, -0.25) is 4.79 Å². The third-order valence-corrected chi connectivity index (χ3v) is 4.12. The van der Waals surface area contributed by atoms with Crippen LogP contribution in [0.25, 0.3) is 0 Å². The van der Waals surface area contributed by atoms with E-state index < -0.39 is 0 Å². The number of carbonyl (C=O) groups excluding carboxylic acids is 1. The summed E-state index contributed by atoms with van der Waals surface area (Å²) in [4.78, 5) is 12.1. The summed E-state index contributed by atoms with van der Waals surface area (Å²) in [7, 11) is 0. The lowest BCUT2D eigenvalue weighted by Gasteiger charge is -2.28. The first-order valence-electron chi connectivity index (χ1n) is 7.53. The Morgan fingerprint density at radius 3 is 2.28 bits per heavy atom.